The number of aliphatic imine (C=N–C) groups is 1. The molecule has 1 aliphatic rings. The van der Waals surface area contributed by atoms with Crippen LogP contribution in [-0.4, -0.2) is 62.8 Å². The van der Waals surface area contributed by atoms with Gasteiger partial charge in [-0.15, -0.1) is 24.0 Å². The molecule has 1 heterocycles. The zero-order valence-electron chi connectivity index (χ0n) is 14.0. The van der Waals surface area contributed by atoms with Crippen molar-refractivity contribution in [3.8, 4) is 0 Å². The van der Waals surface area contributed by atoms with Crippen molar-refractivity contribution in [2.75, 3.05) is 46.0 Å². The van der Waals surface area contributed by atoms with E-state index in [2.05, 4.69) is 22.1 Å². The predicted octanol–water partition coefficient (Wildman–Crippen LogP) is 1.88. The van der Waals surface area contributed by atoms with E-state index in [1.54, 1.807) is 0 Å². The van der Waals surface area contributed by atoms with Crippen LogP contribution in [-0.2, 0) is 14.3 Å². The van der Waals surface area contributed by atoms with Crippen molar-refractivity contribution in [1.82, 2.24) is 10.2 Å². The highest BCUT2D eigenvalue weighted by atomic mass is 127. The molecule has 7 heteroatoms. The Bertz CT molecular complexity index is 332. The van der Waals surface area contributed by atoms with Gasteiger partial charge in [-0.05, 0) is 33.6 Å². The fourth-order valence-corrected chi connectivity index (χ4v) is 2.37. The summed E-state index contributed by atoms with van der Waals surface area (Å²) in [6.07, 6.45) is 1.66. The van der Waals surface area contributed by atoms with Crippen LogP contribution in [0.15, 0.2) is 4.99 Å². The molecule has 1 rings (SSSR count). The molecule has 0 spiro atoms. The summed E-state index contributed by atoms with van der Waals surface area (Å²) >= 11 is 0. The summed E-state index contributed by atoms with van der Waals surface area (Å²) in [5, 5.41) is 3.30. The number of ether oxygens (including phenoxy) is 2. The lowest BCUT2D eigenvalue weighted by Crippen LogP contribution is -2.46. The van der Waals surface area contributed by atoms with Crippen LogP contribution in [0.2, 0.25) is 0 Å². The lowest BCUT2D eigenvalue weighted by atomic mass is 9.97. The molecule has 0 radical (unpaired) electrons. The number of nitrogens with one attached hydrogen (secondary N) is 1. The van der Waals surface area contributed by atoms with Gasteiger partial charge in [0.15, 0.2) is 5.96 Å². The summed E-state index contributed by atoms with van der Waals surface area (Å²) in [7, 11) is 0. The van der Waals surface area contributed by atoms with Crippen molar-refractivity contribution in [3.05, 3.63) is 0 Å². The van der Waals surface area contributed by atoms with Gasteiger partial charge in [-0.25, -0.2) is 0 Å². The molecule has 130 valence electrons. The lowest BCUT2D eigenvalue weighted by molar-refractivity contribution is -0.149. The highest BCUT2D eigenvalue weighted by Crippen LogP contribution is 2.18. The molecule has 0 saturated carbocycles. The second-order valence-corrected chi connectivity index (χ2v) is 4.95. The summed E-state index contributed by atoms with van der Waals surface area (Å²) in [6, 6.07) is 0. The van der Waals surface area contributed by atoms with E-state index in [-0.39, 0.29) is 35.9 Å². The Morgan fingerprint density at radius 3 is 2.45 bits per heavy atom. The first kappa shape index (κ1) is 21.4. The molecule has 0 unspecified atom stereocenters. The summed E-state index contributed by atoms with van der Waals surface area (Å²) in [4.78, 5) is 18.5. The highest BCUT2D eigenvalue weighted by molar-refractivity contribution is 14.0. The number of guanidine groups is 1. The van der Waals surface area contributed by atoms with Crippen molar-refractivity contribution >= 4 is 35.9 Å². The largest absolute Gasteiger partial charge is 0.466 e. The van der Waals surface area contributed by atoms with E-state index in [9.17, 15) is 4.79 Å². The molecule has 1 N–H and O–H groups in total. The van der Waals surface area contributed by atoms with E-state index >= 15 is 0 Å². The van der Waals surface area contributed by atoms with E-state index in [1.165, 1.54) is 0 Å². The average Bonchev–Trinajstić information content (AvgIpc) is 2.51. The van der Waals surface area contributed by atoms with Crippen LogP contribution < -0.4 is 5.32 Å². The van der Waals surface area contributed by atoms with Gasteiger partial charge in [0.2, 0.25) is 0 Å². The summed E-state index contributed by atoms with van der Waals surface area (Å²) in [6.45, 7) is 10.9. The molecule has 22 heavy (non-hydrogen) atoms. The standard InChI is InChI=1S/C15H29N3O3.HI/c1-4-16-15(17-9-12-20-5-2)18-10-7-13(8-11-18)14(19)21-6-3;/h13H,4-12H2,1-3H3,(H,16,17);1H. The van der Waals surface area contributed by atoms with E-state index in [0.29, 0.717) is 19.8 Å². The summed E-state index contributed by atoms with van der Waals surface area (Å²) in [5.41, 5.74) is 0. The smallest absolute Gasteiger partial charge is 0.309 e. The van der Waals surface area contributed by atoms with Gasteiger partial charge >= 0.3 is 5.97 Å². The van der Waals surface area contributed by atoms with Crippen molar-refractivity contribution in [2.24, 2.45) is 10.9 Å². The molecule has 1 aliphatic heterocycles. The molecule has 1 saturated heterocycles. The minimum absolute atomic E-state index is 0. The van der Waals surface area contributed by atoms with E-state index < -0.39 is 0 Å². The number of carbonyl (C=O) groups excluding carboxylic acids is 1. The van der Waals surface area contributed by atoms with Gasteiger partial charge in [0.1, 0.15) is 0 Å². The van der Waals surface area contributed by atoms with Gasteiger partial charge in [-0.1, -0.05) is 0 Å². The predicted molar refractivity (Wildman–Crippen MR) is 98.8 cm³/mol. The molecular weight excluding hydrogens is 397 g/mol. The van der Waals surface area contributed by atoms with Crippen LogP contribution in [0.1, 0.15) is 33.6 Å². The summed E-state index contributed by atoms with van der Waals surface area (Å²) < 4.78 is 10.4. The maximum absolute atomic E-state index is 11.7. The van der Waals surface area contributed by atoms with Crippen LogP contribution in [0.25, 0.3) is 0 Å². The van der Waals surface area contributed by atoms with Gasteiger partial charge < -0.3 is 19.7 Å². The Balaban J connectivity index is 0.00000441. The van der Waals surface area contributed by atoms with Gasteiger partial charge in [-0.2, -0.15) is 0 Å². The summed E-state index contributed by atoms with van der Waals surface area (Å²) in [5.74, 6) is 0.891. The number of nitrogens with zero attached hydrogens (tertiary/aromatic N) is 2. The molecule has 0 atom stereocenters. The zero-order valence-corrected chi connectivity index (χ0v) is 16.3. The third kappa shape index (κ3) is 7.62. The number of piperidine rings is 1. The van der Waals surface area contributed by atoms with Crippen molar-refractivity contribution in [2.45, 2.75) is 33.6 Å². The third-order valence-electron chi connectivity index (χ3n) is 3.45. The molecule has 0 aromatic carbocycles. The minimum atomic E-state index is -0.0598. The van der Waals surface area contributed by atoms with E-state index in [4.69, 9.17) is 9.47 Å². The van der Waals surface area contributed by atoms with Crippen LogP contribution in [0.4, 0.5) is 0 Å². The number of halogens is 1. The monoisotopic (exact) mass is 427 g/mol. The first-order valence-electron chi connectivity index (χ1n) is 8.00. The second kappa shape index (κ2) is 12.9. The van der Waals surface area contributed by atoms with Crippen LogP contribution >= 0.6 is 24.0 Å². The molecular formula is C15H30IN3O3. The topological polar surface area (TPSA) is 63.2 Å². The molecule has 0 amide bonds. The molecule has 1 fully saturated rings. The Hall–Kier alpha value is -0.570. The second-order valence-electron chi connectivity index (χ2n) is 4.95. The normalized spacial score (nSPS) is 16.1. The highest BCUT2D eigenvalue weighted by Gasteiger charge is 2.27. The fourth-order valence-electron chi connectivity index (χ4n) is 2.37. The van der Waals surface area contributed by atoms with Crippen LogP contribution in [0.3, 0.4) is 0 Å². The molecule has 0 aromatic heterocycles. The number of hydrogen-bond acceptors (Lipinski definition) is 4. The van der Waals surface area contributed by atoms with Crippen molar-refractivity contribution in [1.29, 1.82) is 0 Å². The lowest BCUT2D eigenvalue weighted by Gasteiger charge is -2.33. The fraction of sp³-hybridized carbons (Fsp3) is 0.867. The number of rotatable bonds is 7. The number of esters is 1. The quantitative estimate of drug-likeness (QED) is 0.221. The van der Waals surface area contributed by atoms with Crippen molar-refractivity contribution in [3.63, 3.8) is 0 Å². The zero-order chi connectivity index (χ0) is 15.5. The van der Waals surface area contributed by atoms with Gasteiger partial charge in [0.25, 0.3) is 0 Å². The Morgan fingerprint density at radius 1 is 1.23 bits per heavy atom. The molecule has 0 aliphatic carbocycles. The minimum Gasteiger partial charge on any atom is -0.466 e. The van der Waals surface area contributed by atoms with Gasteiger partial charge in [-0.3, -0.25) is 9.79 Å². The third-order valence-corrected chi connectivity index (χ3v) is 3.45. The Labute approximate surface area is 151 Å². The molecule has 0 aromatic rings. The van der Waals surface area contributed by atoms with Crippen LogP contribution in [0.5, 0.6) is 0 Å². The van der Waals surface area contributed by atoms with E-state index in [1.807, 2.05) is 13.8 Å². The first-order valence-corrected chi connectivity index (χ1v) is 8.00. The number of carbonyl (C=O) groups is 1. The van der Waals surface area contributed by atoms with Crippen molar-refractivity contribution < 1.29 is 14.3 Å². The van der Waals surface area contributed by atoms with E-state index in [0.717, 1.165) is 45.0 Å². The van der Waals surface area contributed by atoms with Crippen LogP contribution in [0, 0.1) is 5.92 Å². The Kier molecular flexibility index (Phi) is 12.6. The number of hydrogen-bond donors (Lipinski definition) is 1. The maximum Gasteiger partial charge on any atom is 0.309 e. The SMILES string of the molecule is CCNC(=NCCOCC)N1CCC(C(=O)OCC)CC1.I. The first-order chi connectivity index (χ1) is 10.2. The number of likely N-dealkylation sites (tertiary alicyclic amines) is 1. The van der Waals surface area contributed by atoms with Gasteiger partial charge in [0.05, 0.1) is 25.7 Å². The molecule has 6 nitrogen and oxygen atoms in total. The average molecular weight is 427 g/mol. The molecule has 0 bridgehead atoms. The maximum atomic E-state index is 11.7. The van der Waals surface area contributed by atoms with Gasteiger partial charge in [0, 0.05) is 26.2 Å². The Morgan fingerprint density at radius 2 is 1.91 bits per heavy atom.